The van der Waals surface area contributed by atoms with Gasteiger partial charge in [-0.3, -0.25) is 4.79 Å². The number of piperazine rings is 1. The summed E-state index contributed by atoms with van der Waals surface area (Å²) in [6.45, 7) is 4.23. The van der Waals surface area contributed by atoms with Crippen molar-refractivity contribution in [2.75, 3.05) is 26.2 Å². The quantitative estimate of drug-likeness (QED) is 0.589. The van der Waals surface area contributed by atoms with Crippen molar-refractivity contribution in [1.29, 1.82) is 0 Å². The molecule has 2 fully saturated rings. The summed E-state index contributed by atoms with van der Waals surface area (Å²) in [7, 11) is 0. The molecule has 172 valence electrons. The Kier molecular flexibility index (Phi) is 6.03. The average molecular weight is 447 g/mol. The lowest BCUT2D eigenvalue weighted by Gasteiger charge is -2.34. The van der Waals surface area contributed by atoms with Gasteiger partial charge in [-0.1, -0.05) is 43.2 Å². The van der Waals surface area contributed by atoms with E-state index in [1.54, 1.807) is 4.90 Å². The van der Waals surface area contributed by atoms with E-state index in [9.17, 15) is 9.59 Å². The minimum Gasteiger partial charge on any atom is -0.445 e. The average Bonchev–Trinajstić information content (AvgIpc) is 3.49. The van der Waals surface area contributed by atoms with E-state index in [2.05, 4.69) is 11.5 Å². The van der Waals surface area contributed by atoms with Crippen LogP contribution in [0.1, 0.15) is 53.5 Å². The number of amides is 2. The SMILES string of the molecule is Cc1nc2cc(C(=O)N3CCN(C(=O)OCc4ccccc4)CC3)ccc2n1C1CCCC1. The number of imidazole rings is 1. The first kappa shape index (κ1) is 21.5. The van der Waals surface area contributed by atoms with Crippen LogP contribution in [0.2, 0.25) is 0 Å². The second-order valence-corrected chi connectivity index (χ2v) is 8.99. The Bertz CT molecular complexity index is 1140. The maximum Gasteiger partial charge on any atom is 0.410 e. The van der Waals surface area contributed by atoms with E-state index in [4.69, 9.17) is 9.72 Å². The van der Waals surface area contributed by atoms with Crippen molar-refractivity contribution in [3.8, 4) is 0 Å². The van der Waals surface area contributed by atoms with Crippen LogP contribution in [-0.4, -0.2) is 57.5 Å². The van der Waals surface area contributed by atoms with Crippen LogP contribution in [0.4, 0.5) is 4.79 Å². The van der Waals surface area contributed by atoms with Crippen LogP contribution in [0.3, 0.4) is 0 Å². The number of ether oxygens (including phenoxy) is 1. The number of nitrogens with zero attached hydrogens (tertiary/aromatic N) is 4. The molecule has 0 radical (unpaired) electrons. The minimum absolute atomic E-state index is 0.0118. The van der Waals surface area contributed by atoms with Gasteiger partial charge in [-0.2, -0.15) is 0 Å². The van der Waals surface area contributed by atoms with E-state index in [-0.39, 0.29) is 18.6 Å². The number of fused-ring (bicyclic) bond motifs is 1. The van der Waals surface area contributed by atoms with Crippen LogP contribution < -0.4 is 0 Å². The molecule has 2 aromatic carbocycles. The Balaban J connectivity index is 1.20. The van der Waals surface area contributed by atoms with Crippen molar-refractivity contribution in [1.82, 2.24) is 19.4 Å². The monoisotopic (exact) mass is 446 g/mol. The largest absolute Gasteiger partial charge is 0.445 e. The van der Waals surface area contributed by atoms with Crippen molar-refractivity contribution in [3.63, 3.8) is 0 Å². The van der Waals surface area contributed by atoms with Gasteiger partial charge in [0, 0.05) is 37.8 Å². The highest BCUT2D eigenvalue weighted by Gasteiger charge is 2.27. The zero-order valence-electron chi connectivity index (χ0n) is 19.1. The molecule has 7 nitrogen and oxygen atoms in total. The zero-order valence-corrected chi connectivity index (χ0v) is 19.1. The third-order valence-electron chi connectivity index (χ3n) is 6.83. The summed E-state index contributed by atoms with van der Waals surface area (Å²) < 4.78 is 7.77. The van der Waals surface area contributed by atoms with Crippen molar-refractivity contribution in [3.05, 3.63) is 65.5 Å². The van der Waals surface area contributed by atoms with E-state index >= 15 is 0 Å². The molecule has 5 rings (SSSR count). The Morgan fingerprint density at radius 2 is 1.67 bits per heavy atom. The molecule has 1 saturated heterocycles. The third kappa shape index (κ3) is 4.45. The second-order valence-electron chi connectivity index (χ2n) is 8.99. The Morgan fingerprint density at radius 1 is 0.970 bits per heavy atom. The molecule has 2 aliphatic rings. The van der Waals surface area contributed by atoms with Gasteiger partial charge in [0.05, 0.1) is 11.0 Å². The highest BCUT2D eigenvalue weighted by atomic mass is 16.6. The summed E-state index contributed by atoms with van der Waals surface area (Å²) in [6, 6.07) is 16.0. The predicted molar refractivity (Wildman–Crippen MR) is 126 cm³/mol. The fourth-order valence-corrected chi connectivity index (χ4v) is 5.06. The number of aryl methyl sites for hydroxylation is 1. The molecule has 0 bridgehead atoms. The topological polar surface area (TPSA) is 67.7 Å². The smallest absolute Gasteiger partial charge is 0.410 e. The lowest BCUT2D eigenvalue weighted by molar-refractivity contribution is 0.0544. The Morgan fingerprint density at radius 3 is 2.39 bits per heavy atom. The lowest BCUT2D eigenvalue weighted by Crippen LogP contribution is -2.50. The first-order valence-corrected chi connectivity index (χ1v) is 11.8. The first-order valence-electron chi connectivity index (χ1n) is 11.8. The number of carbonyl (C=O) groups excluding carboxylic acids is 2. The zero-order chi connectivity index (χ0) is 22.8. The van der Waals surface area contributed by atoms with Crippen LogP contribution in [0.25, 0.3) is 11.0 Å². The van der Waals surface area contributed by atoms with E-state index in [1.807, 2.05) is 53.4 Å². The molecule has 2 heterocycles. The van der Waals surface area contributed by atoms with Crippen LogP contribution in [0.5, 0.6) is 0 Å². The van der Waals surface area contributed by atoms with Crippen molar-refractivity contribution in [2.45, 2.75) is 45.3 Å². The molecule has 1 aliphatic carbocycles. The van der Waals surface area contributed by atoms with Crippen LogP contribution in [-0.2, 0) is 11.3 Å². The van der Waals surface area contributed by atoms with Crippen LogP contribution in [0, 0.1) is 6.92 Å². The molecule has 0 unspecified atom stereocenters. The summed E-state index contributed by atoms with van der Waals surface area (Å²) >= 11 is 0. The summed E-state index contributed by atoms with van der Waals surface area (Å²) in [5.74, 6) is 1.01. The van der Waals surface area contributed by atoms with Gasteiger partial charge >= 0.3 is 6.09 Å². The number of hydrogen-bond donors (Lipinski definition) is 0. The molecule has 1 aliphatic heterocycles. The van der Waals surface area contributed by atoms with Gasteiger partial charge in [-0.25, -0.2) is 9.78 Å². The Hall–Kier alpha value is -3.35. The van der Waals surface area contributed by atoms with Crippen molar-refractivity contribution >= 4 is 23.0 Å². The Labute approximate surface area is 193 Å². The normalized spacial score (nSPS) is 17.0. The highest BCUT2D eigenvalue weighted by molar-refractivity contribution is 5.97. The highest BCUT2D eigenvalue weighted by Crippen LogP contribution is 2.33. The lowest BCUT2D eigenvalue weighted by atomic mass is 10.1. The van der Waals surface area contributed by atoms with Crippen LogP contribution >= 0.6 is 0 Å². The van der Waals surface area contributed by atoms with Gasteiger partial charge in [-0.15, -0.1) is 0 Å². The van der Waals surface area contributed by atoms with Crippen molar-refractivity contribution in [2.24, 2.45) is 0 Å². The van der Waals surface area contributed by atoms with Gasteiger partial charge in [-0.05, 0) is 43.5 Å². The minimum atomic E-state index is -0.333. The summed E-state index contributed by atoms with van der Waals surface area (Å²) in [5, 5.41) is 0. The number of hydrogen-bond acceptors (Lipinski definition) is 4. The fourth-order valence-electron chi connectivity index (χ4n) is 5.06. The first-order chi connectivity index (χ1) is 16.1. The number of benzene rings is 2. The maximum atomic E-state index is 13.1. The number of rotatable bonds is 4. The molecule has 7 heteroatoms. The molecular formula is C26H30N4O3. The van der Waals surface area contributed by atoms with Gasteiger partial charge in [0.25, 0.3) is 5.91 Å². The van der Waals surface area contributed by atoms with E-state index in [0.717, 1.165) is 22.4 Å². The molecule has 1 aromatic heterocycles. The molecule has 33 heavy (non-hydrogen) atoms. The number of carbonyl (C=O) groups is 2. The van der Waals surface area contributed by atoms with E-state index in [0.29, 0.717) is 37.8 Å². The summed E-state index contributed by atoms with van der Waals surface area (Å²) in [5.41, 5.74) is 3.61. The van der Waals surface area contributed by atoms with Crippen molar-refractivity contribution < 1.29 is 14.3 Å². The second kappa shape index (κ2) is 9.25. The van der Waals surface area contributed by atoms with Gasteiger partial charge < -0.3 is 19.1 Å². The molecule has 0 atom stereocenters. The van der Waals surface area contributed by atoms with Crippen LogP contribution in [0.15, 0.2) is 48.5 Å². The molecular weight excluding hydrogens is 416 g/mol. The van der Waals surface area contributed by atoms with Gasteiger partial charge in [0.2, 0.25) is 0 Å². The molecule has 2 amide bonds. The standard InChI is InChI=1S/C26H30N4O3/c1-19-27-23-17-21(11-12-24(23)30(19)22-9-5-6-10-22)25(31)28-13-15-29(16-14-28)26(32)33-18-20-7-3-2-4-8-20/h2-4,7-8,11-12,17,22H,5-6,9-10,13-16,18H2,1H3. The van der Waals surface area contributed by atoms with E-state index in [1.165, 1.54) is 25.7 Å². The molecule has 3 aromatic rings. The molecule has 0 N–H and O–H groups in total. The van der Waals surface area contributed by atoms with Gasteiger partial charge in [0.1, 0.15) is 12.4 Å². The van der Waals surface area contributed by atoms with Gasteiger partial charge in [0.15, 0.2) is 0 Å². The summed E-state index contributed by atoms with van der Waals surface area (Å²) in [4.78, 5) is 33.8. The third-order valence-corrected chi connectivity index (χ3v) is 6.83. The summed E-state index contributed by atoms with van der Waals surface area (Å²) in [6.07, 6.45) is 4.61. The molecule has 0 spiro atoms. The van der Waals surface area contributed by atoms with E-state index < -0.39 is 0 Å². The number of aromatic nitrogens is 2. The maximum absolute atomic E-state index is 13.1. The fraction of sp³-hybridized carbons (Fsp3) is 0.423. The predicted octanol–water partition coefficient (Wildman–Crippen LogP) is 4.55. The molecule has 1 saturated carbocycles.